The van der Waals surface area contributed by atoms with E-state index in [9.17, 15) is 4.79 Å². The van der Waals surface area contributed by atoms with Crippen molar-refractivity contribution in [2.45, 2.75) is 12.5 Å². The standard InChI is InChI=1S/C11H17N3O2/c1-14(2)10-7-8(4-5-13-10)6-9(12)11(15)16-3/h4-5,7,9H,6,12H2,1-3H3. The molecule has 1 aromatic rings. The minimum Gasteiger partial charge on any atom is -0.468 e. The lowest BCUT2D eigenvalue weighted by Crippen LogP contribution is -2.33. The molecule has 88 valence electrons. The number of aromatic nitrogens is 1. The third-order valence-corrected chi connectivity index (χ3v) is 2.23. The van der Waals surface area contributed by atoms with Crippen LogP contribution in [0.15, 0.2) is 18.3 Å². The van der Waals surface area contributed by atoms with Crippen molar-refractivity contribution in [3.63, 3.8) is 0 Å². The first-order chi connectivity index (χ1) is 7.54. The van der Waals surface area contributed by atoms with Crippen molar-refractivity contribution in [3.8, 4) is 0 Å². The summed E-state index contributed by atoms with van der Waals surface area (Å²) in [5.74, 6) is 0.442. The van der Waals surface area contributed by atoms with Gasteiger partial charge in [0.25, 0.3) is 0 Å². The fourth-order valence-electron chi connectivity index (χ4n) is 1.32. The highest BCUT2D eigenvalue weighted by molar-refractivity contribution is 5.75. The van der Waals surface area contributed by atoms with E-state index in [1.807, 2.05) is 31.1 Å². The summed E-state index contributed by atoms with van der Waals surface area (Å²) in [4.78, 5) is 17.2. The van der Waals surface area contributed by atoms with Crippen LogP contribution in [0.3, 0.4) is 0 Å². The molecule has 1 heterocycles. The lowest BCUT2D eigenvalue weighted by molar-refractivity contribution is -0.142. The smallest absolute Gasteiger partial charge is 0.322 e. The number of hydrogen-bond acceptors (Lipinski definition) is 5. The van der Waals surface area contributed by atoms with Crippen LogP contribution in [0.2, 0.25) is 0 Å². The molecule has 0 radical (unpaired) electrons. The van der Waals surface area contributed by atoms with E-state index >= 15 is 0 Å². The number of rotatable bonds is 4. The van der Waals surface area contributed by atoms with Gasteiger partial charge in [-0.3, -0.25) is 4.79 Å². The summed E-state index contributed by atoms with van der Waals surface area (Å²) in [7, 11) is 5.15. The maximum atomic E-state index is 11.2. The normalized spacial score (nSPS) is 12.0. The summed E-state index contributed by atoms with van der Waals surface area (Å²) in [6, 6.07) is 3.13. The highest BCUT2D eigenvalue weighted by Gasteiger charge is 2.14. The van der Waals surface area contributed by atoms with E-state index in [2.05, 4.69) is 9.72 Å². The second-order valence-corrected chi connectivity index (χ2v) is 3.75. The zero-order valence-corrected chi connectivity index (χ0v) is 9.80. The van der Waals surface area contributed by atoms with Crippen LogP contribution >= 0.6 is 0 Å². The molecule has 5 nitrogen and oxygen atoms in total. The first-order valence-electron chi connectivity index (χ1n) is 5.00. The lowest BCUT2D eigenvalue weighted by Gasteiger charge is -2.13. The highest BCUT2D eigenvalue weighted by atomic mass is 16.5. The number of nitrogens with zero attached hydrogens (tertiary/aromatic N) is 2. The molecule has 1 aromatic heterocycles. The number of nitrogens with two attached hydrogens (primary N) is 1. The fraction of sp³-hybridized carbons (Fsp3) is 0.455. The minimum absolute atomic E-state index is 0.400. The Labute approximate surface area is 95.2 Å². The predicted molar refractivity (Wildman–Crippen MR) is 62.3 cm³/mol. The van der Waals surface area contributed by atoms with Gasteiger partial charge in [-0.15, -0.1) is 0 Å². The van der Waals surface area contributed by atoms with E-state index in [-0.39, 0.29) is 0 Å². The number of pyridine rings is 1. The van der Waals surface area contributed by atoms with Crippen molar-refractivity contribution < 1.29 is 9.53 Å². The Morgan fingerprint density at radius 1 is 1.62 bits per heavy atom. The molecule has 1 atom stereocenters. The van der Waals surface area contributed by atoms with E-state index in [0.717, 1.165) is 11.4 Å². The second-order valence-electron chi connectivity index (χ2n) is 3.75. The molecular formula is C11H17N3O2. The second kappa shape index (κ2) is 5.46. The summed E-state index contributed by atoms with van der Waals surface area (Å²) in [6.45, 7) is 0. The van der Waals surface area contributed by atoms with Gasteiger partial charge in [0, 0.05) is 20.3 Å². The van der Waals surface area contributed by atoms with Crippen LogP contribution in [0.5, 0.6) is 0 Å². The number of anilines is 1. The van der Waals surface area contributed by atoms with E-state index in [1.165, 1.54) is 7.11 Å². The molecule has 0 saturated carbocycles. The summed E-state index contributed by atoms with van der Waals surface area (Å²) in [5.41, 5.74) is 6.65. The fourth-order valence-corrected chi connectivity index (χ4v) is 1.32. The Balaban J connectivity index is 2.74. The molecule has 0 spiro atoms. The van der Waals surface area contributed by atoms with Crippen LogP contribution in [0.1, 0.15) is 5.56 Å². The zero-order chi connectivity index (χ0) is 12.1. The number of hydrogen-bond donors (Lipinski definition) is 1. The van der Waals surface area contributed by atoms with Crippen LogP contribution in [-0.2, 0) is 16.0 Å². The minimum atomic E-state index is -0.623. The van der Waals surface area contributed by atoms with E-state index < -0.39 is 12.0 Å². The average Bonchev–Trinajstić information content (AvgIpc) is 2.28. The van der Waals surface area contributed by atoms with E-state index in [0.29, 0.717) is 6.42 Å². The largest absolute Gasteiger partial charge is 0.468 e. The van der Waals surface area contributed by atoms with Gasteiger partial charge in [-0.25, -0.2) is 4.98 Å². The maximum absolute atomic E-state index is 11.2. The van der Waals surface area contributed by atoms with Crippen LogP contribution in [0.25, 0.3) is 0 Å². The Morgan fingerprint density at radius 3 is 2.88 bits per heavy atom. The molecule has 1 unspecified atom stereocenters. The first-order valence-corrected chi connectivity index (χ1v) is 5.00. The molecule has 0 amide bonds. The van der Waals surface area contributed by atoms with Gasteiger partial charge in [0.2, 0.25) is 0 Å². The molecule has 0 aliphatic rings. The third kappa shape index (κ3) is 3.20. The van der Waals surface area contributed by atoms with E-state index in [1.54, 1.807) is 6.20 Å². The average molecular weight is 223 g/mol. The third-order valence-electron chi connectivity index (χ3n) is 2.23. The summed E-state index contributed by atoms with van der Waals surface area (Å²) in [5, 5.41) is 0. The number of esters is 1. The summed E-state index contributed by atoms with van der Waals surface area (Å²) >= 11 is 0. The molecule has 16 heavy (non-hydrogen) atoms. The van der Waals surface area contributed by atoms with Gasteiger partial charge in [-0.2, -0.15) is 0 Å². The van der Waals surface area contributed by atoms with Crippen LogP contribution in [-0.4, -0.2) is 38.2 Å². The van der Waals surface area contributed by atoms with E-state index in [4.69, 9.17) is 5.73 Å². The molecule has 0 aliphatic carbocycles. The summed E-state index contributed by atoms with van der Waals surface area (Å²) < 4.78 is 4.57. The lowest BCUT2D eigenvalue weighted by atomic mass is 10.1. The molecular weight excluding hydrogens is 206 g/mol. The molecule has 0 aliphatic heterocycles. The Bertz CT molecular complexity index is 366. The quantitative estimate of drug-likeness (QED) is 0.738. The molecule has 0 saturated heterocycles. The zero-order valence-electron chi connectivity index (χ0n) is 9.80. The number of carbonyl (C=O) groups is 1. The Kier molecular flexibility index (Phi) is 4.25. The van der Waals surface area contributed by atoms with Gasteiger partial charge < -0.3 is 15.4 Å². The van der Waals surface area contributed by atoms with Gasteiger partial charge in [0.05, 0.1) is 7.11 Å². The molecule has 0 fully saturated rings. The Morgan fingerprint density at radius 2 is 2.31 bits per heavy atom. The van der Waals surface area contributed by atoms with Crippen molar-refractivity contribution in [2.24, 2.45) is 5.73 Å². The number of ether oxygens (including phenoxy) is 1. The highest BCUT2D eigenvalue weighted by Crippen LogP contribution is 2.11. The van der Waals surface area contributed by atoms with Crippen molar-refractivity contribution >= 4 is 11.8 Å². The molecule has 0 bridgehead atoms. The van der Waals surface area contributed by atoms with Gasteiger partial charge >= 0.3 is 5.97 Å². The summed E-state index contributed by atoms with van der Waals surface area (Å²) in [6.07, 6.45) is 2.16. The van der Waals surface area contributed by atoms with Gasteiger partial charge in [0.15, 0.2) is 0 Å². The molecule has 0 aromatic carbocycles. The number of carbonyl (C=O) groups excluding carboxylic acids is 1. The van der Waals surface area contributed by atoms with Crippen LogP contribution in [0, 0.1) is 0 Å². The van der Waals surface area contributed by atoms with Gasteiger partial charge in [-0.05, 0) is 24.1 Å². The van der Waals surface area contributed by atoms with Crippen molar-refractivity contribution in [2.75, 3.05) is 26.1 Å². The Hall–Kier alpha value is -1.62. The monoisotopic (exact) mass is 223 g/mol. The van der Waals surface area contributed by atoms with Gasteiger partial charge in [0.1, 0.15) is 11.9 Å². The topological polar surface area (TPSA) is 68.5 Å². The van der Waals surface area contributed by atoms with Crippen molar-refractivity contribution in [1.29, 1.82) is 0 Å². The molecule has 5 heteroatoms. The number of methoxy groups -OCH3 is 1. The SMILES string of the molecule is COC(=O)C(N)Cc1ccnc(N(C)C)c1. The molecule has 2 N–H and O–H groups in total. The predicted octanol–water partition coefficient (Wildman–Crippen LogP) is 0.190. The van der Waals surface area contributed by atoms with Gasteiger partial charge in [-0.1, -0.05) is 0 Å². The first kappa shape index (κ1) is 12.4. The van der Waals surface area contributed by atoms with Crippen molar-refractivity contribution in [1.82, 2.24) is 4.98 Å². The van der Waals surface area contributed by atoms with Crippen LogP contribution in [0.4, 0.5) is 5.82 Å². The van der Waals surface area contributed by atoms with Crippen LogP contribution < -0.4 is 10.6 Å². The maximum Gasteiger partial charge on any atom is 0.322 e. The van der Waals surface area contributed by atoms with Crippen molar-refractivity contribution in [3.05, 3.63) is 23.9 Å². The molecule has 1 rings (SSSR count).